The Morgan fingerprint density at radius 2 is 1.95 bits per heavy atom. The summed E-state index contributed by atoms with van der Waals surface area (Å²) in [5.74, 6) is 0.223. The molecule has 1 unspecified atom stereocenters. The Labute approximate surface area is 121 Å². The maximum Gasteiger partial charge on any atom is 0.125 e. The fourth-order valence-electron chi connectivity index (χ4n) is 1.86. The second-order valence-electron chi connectivity index (χ2n) is 4.36. The Bertz CT molecular complexity index is 647. The van der Waals surface area contributed by atoms with Crippen LogP contribution in [0.3, 0.4) is 0 Å². The van der Waals surface area contributed by atoms with Crippen LogP contribution in [0, 0.1) is 6.92 Å². The van der Waals surface area contributed by atoms with E-state index in [1.165, 1.54) is 0 Å². The molecule has 2 rings (SSSR count). The van der Waals surface area contributed by atoms with Crippen molar-refractivity contribution in [3.63, 3.8) is 0 Å². The van der Waals surface area contributed by atoms with Gasteiger partial charge in [0.05, 0.1) is 5.48 Å². The first-order chi connectivity index (χ1) is 11.0. The minimum absolute atomic E-state index is 0.0542. The molecule has 1 N–H and O–H groups in total. The molecule has 0 saturated heterocycles. The van der Waals surface area contributed by atoms with Crippen molar-refractivity contribution in [2.45, 2.75) is 19.4 Å². The van der Waals surface area contributed by atoms with Gasteiger partial charge in [0.1, 0.15) is 11.9 Å². The molecule has 0 heterocycles. The molecule has 19 heavy (non-hydrogen) atoms. The van der Waals surface area contributed by atoms with Crippen LogP contribution in [-0.4, -0.2) is 13.6 Å². The van der Waals surface area contributed by atoms with Crippen LogP contribution in [0.4, 0.5) is 0 Å². The summed E-state index contributed by atoms with van der Waals surface area (Å²) in [5.41, 5.74) is 1.41. The third kappa shape index (κ3) is 3.83. The van der Waals surface area contributed by atoms with Crippen LogP contribution in [0.25, 0.3) is 0 Å². The summed E-state index contributed by atoms with van der Waals surface area (Å²) in [6.45, 7) is 2.40. The van der Waals surface area contributed by atoms with Crippen LogP contribution >= 0.6 is 0 Å². The van der Waals surface area contributed by atoms with Gasteiger partial charge in [-0.1, -0.05) is 48.5 Å². The fourth-order valence-corrected chi connectivity index (χ4v) is 1.86. The van der Waals surface area contributed by atoms with E-state index in [1.54, 1.807) is 6.92 Å². The van der Waals surface area contributed by atoms with Crippen molar-refractivity contribution in [3.8, 4) is 5.75 Å². The first-order valence-corrected chi connectivity index (χ1v) is 6.40. The maximum atomic E-state index is 8.08. The van der Waals surface area contributed by atoms with E-state index >= 15 is 0 Å². The summed E-state index contributed by atoms with van der Waals surface area (Å²) in [6, 6.07) is 9.02. The number of nitrogens with one attached hydrogen (secondary N) is 1. The monoisotopic (exact) mass is 259 g/mol. The molecular weight excluding hydrogens is 234 g/mol. The lowest BCUT2D eigenvalue weighted by atomic mass is 10.1. The molecule has 2 nitrogen and oxygen atoms in total. The number of ether oxygens (including phenoxy) is 1. The molecule has 0 amide bonds. The molecule has 0 aromatic heterocycles. The SMILES string of the molecule is [2H]c1c([2H])c([2H])c(OC(CCNC)c2ccccc2)c(C)c1[2H]. The minimum Gasteiger partial charge on any atom is -0.485 e. The van der Waals surface area contributed by atoms with Crippen molar-refractivity contribution in [1.82, 2.24) is 5.32 Å². The quantitative estimate of drug-likeness (QED) is 0.853. The molecule has 0 radical (unpaired) electrons. The zero-order chi connectivity index (χ0) is 17.0. The van der Waals surface area contributed by atoms with Crippen molar-refractivity contribution in [1.29, 1.82) is 0 Å². The van der Waals surface area contributed by atoms with Crippen LogP contribution < -0.4 is 10.1 Å². The molecule has 0 bridgehead atoms. The second kappa shape index (κ2) is 6.95. The minimum atomic E-state index is -0.276. The van der Waals surface area contributed by atoms with Gasteiger partial charge in [-0.15, -0.1) is 0 Å². The Hall–Kier alpha value is -1.80. The van der Waals surface area contributed by atoms with Crippen LogP contribution in [0.15, 0.2) is 54.5 Å². The Morgan fingerprint density at radius 3 is 2.68 bits per heavy atom. The third-order valence-electron chi connectivity index (χ3n) is 2.92. The van der Waals surface area contributed by atoms with Gasteiger partial charge in [-0.25, -0.2) is 0 Å². The Kier molecular flexibility index (Phi) is 3.35. The molecule has 2 aromatic carbocycles. The van der Waals surface area contributed by atoms with E-state index in [2.05, 4.69) is 5.32 Å². The molecule has 0 fully saturated rings. The predicted octanol–water partition coefficient (Wildman–Crippen LogP) is 3.72. The fraction of sp³-hybridized carbons (Fsp3) is 0.294. The zero-order valence-corrected chi connectivity index (χ0v) is 11.3. The van der Waals surface area contributed by atoms with Gasteiger partial charge >= 0.3 is 0 Å². The number of rotatable bonds is 6. The first kappa shape index (κ1) is 9.16. The summed E-state index contributed by atoms with van der Waals surface area (Å²) < 4.78 is 37.6. The molecule has 0 aliphatic carbocycles. The van der Waals surface area contributed by atoms with Gasteiger partial charge < -0.3 is 10.1 Å². The van der Waals surface area contributed by atoms with Crippen molar-refractivity contribution in [2.24, 2.45) is 0 Å². The molecular formula is C17H21NO. The number of hydrogen-bond donors (Lipinski definition) is 1. The normalized spacial score (nSPS) is 15.1. The first-order valence-electron chi connectivity index (χ1n) is 8.40. The topological polar surface area (TPSA) is 21.3 Å². The number of hydrogen-bond acceptors (Lipinski definition) is 2. The highest BCUT2D eigenvalue weighted by molar-refractivity contribution is 5.33. The molecule has 0 spiro atoms. The summed E-state index contributed by atoms with van der Waals surface area (Å²) >= 11 is 0. The van der Waals surface area contributed by atoms with Gasteiger partial charge in [-0.05, 0) is 37.7 Å². The summed E-state index contributed by atoms with van der Waals surface area (Å²) in [5, 5.41) is 3.08. The highest BCUT2D eigenvalue weighted by Crippen LogP contribution is 2.26. The van der Waals surface area contributed by atoms with Crippen LogP contribution in [0.5, 0.6) is 5.75 Å². The van der Waals surface area contributed by atoms with Crippen molar-refractivity contribution in [3.05, 3.63) is 65.6 Å². The Morgan fingerprint density at radius 1 is 1.21 bits per heavy atom. The molecule has 2 heteroatoms. The van der Waals surface area contributed by atoms with E-state index in [4.69, 9.17) is 10.2 Å². The van der Waals surface area contributed by atoms with Gasteiger partial charge in [0.15, 0.2) is 0 Å². The van der Waals surface area contributed by atoms with E-state index < -0.39 is 0 Å². The maximum absolute atomic E-state index is 8.08. The molecule has 0 aliphatic heterocycles. The lowest BCUT2D eigenvalue weighted by molar-refractivity contribution is 0.193. The third-order valence-corrected chi connectivity index (χ3v) is 2.92. The Balaban J connectivity index is 2.41. The molecule has 0 saturated carbocycles. The summed E-state index contributed by atoms with van der Waals surface area (Å²) in [4.78, 5) is 0. The van der Waals surface area contributed by atoms with Crippen molar-refractivity contribution in [2.75, 3.05) is 13.6 Å². The van der Waals surface area contributed by atoms with Crippen LogP contribution in [0.2, 0.25) is 0 Å². The lowest BCUT2D eigenvalue weighted by Gasteiger charge is -2.20. The molecule has 1 atom stereocenters. The van der Waals surface area contributed by atoms with Crippen molar-refractivity contribution < 1.29 is 10.2 Å². The van der Waals surface area contributed by atoms with Gasteiger partial charge in [-0.2, -0.15) is 0 Å². The molecule has 100 valence electrons. The average Bonchev–Trinajstić information content (AvgIpc) is 2.58. The highest BCUT2D eigenvalue weighted by Gasteiger charge is 2.13. The summed E-state index contributed by atoms with van der Waals surface area (Å²) in [7, 11) is 1.86. The largest absolute Gasteiger partial charge is 0.485 e. The molecule has 0 aliphatic rings. The predicted molar refractivity (Wildman–Crippen MR) is 79.5 cm³/mol. The van der Waals surface area contributed by atoms with Crippen LogP contribution in [0.1, 0.15) is 29.1 Å². The smallest absolute Gasteiger partial charge is 0.125 e. The number of benzene rings is 2. The number of para-hydroxylation sites is 1. The average molecular weight is 259 g/mol. The second-order valence-corrected chi connectivity index (χ2v) is 4.36. The van der Waals surface area contributed by atoms with Crippen molar-refractivity contribution >= 4 is 0 Å². The highest BCUT2D eigenvalue weighted by atomic mass is 16.5. The van der Waals surface area contributed by atoms with E-state index in [0.29, 0.717) is 12.0 Å². The molecule has 2 aromatic rings. The zero-order valence-electron chi connectivity index (χ0n) is 15.3. The summed E-state index contributed by atoms with van der Waals surface area (Å²) in [6.07, 6.45) is 0.421. The van der Waals surface area contributed by atoms with Gasteiger partial charge in [0.2, 0.25) is 0 Å². The van der Waals surface area contributed by atoms with E-state index in [1.807, 2.05) is 37.4 Å². The van der Waals surface area contributed by atoms with E-state index in [9.17, 15) is 0 Å². The van der Waals surface area contributed by atoms with Gasteiger partial charge in [0.25, 0.3) is 0 Å². The van der Waals surface area contributed by atoms with E-state index in [0.717, 1.165) is 12.1 Å². The lowest BCUT2D eigenvalue weighted by Crippen LogP contribution is -2.16. The van der Waals surface area contributed by atoms with E-state index in [-0.39, 0.29) is 36.0 Å². The van der Waals surface area contributed by atoms with Gasteiger partial charge in [0, 0.05) is 6.42 Å². The van der Waals surface area contributed by atoms with Crippen LogP contribution in [-0.2, 0) is 0 Å². The standard InChI is InChI=1S/C17H21NO/c1-14-8-6-7-11-16(14)19-17(12-13-18-2)15-9-4-3-5-10-15/h3-11,17-18H,12-13H2,1-2H3/i6D,7D,8D,11D. The van der Waals surface area contributed by atoms with Gasteiger partial charge in [-0.3, -0.25) is 0 Å².